The van der Waals surface area contributed by atoms with Crippen LogP contribution in [0.5, 0.6) is 0 Å². The van der Waals surface area contributed by atoms with Crippen LogP contribution >= 0.6 is 11.8 Å². The van der Waals surface area contributed by atoms with Crippen molar-refractivity contribution in [2.24, 2.45) is 0 Å². The Hall–Kier alpha value is -0.180. The number of ether oxygens (including phenoxy) is 1. The fourth-order valence-electron chi connectivity index (χ4n) is 0.208. The molecule has 0 aromatic carbocycles. The normalized spacial score (nSPS) is 8.75. The summed E-state index contributed by atoms with van der Waals surface area (Å²) in [6.45, 7) is 3.43. The number of esters is 1. The van der Waals surface area contributed by atoms with E-state index in [2.05, 4.69) is 4.74 Å². The van der Waals surface area contributed by atoms with Crippen LogP contribution in [0.3, 0.4) is 0 Å². The van der Waals surface area contributed by atoms with Gasteiger partial charge in [0.25, 0.3) is 0 Å². The lowest BCUT2D eigenvalue weighted by Crippen LogP contribution is -1.96. The van der Waals surface area contributed by atoms with Gasteiger partial charge >= 0.3 is 5.97 Å². The second kappa shape index (κ2) is 4.97. The molecule has 0 heterocycles. The Balaban J connectivity index is 2.82. The number of carbonyl (C=O) groups excluding carboxylic acids is 1. The van der Waals surface area contributed by atoms with Gasteiger partial charge in [-0.15, -0.1) is 11.8 Å². The smallest absolute Gasteiger partial charge is 0.303 e. The molecule has 0 aliphatic heterocycles. The molecular weight excluding hydrogens is 124 g/mol. The number of rotatable bonds is 3. The molecule has 2 nitrogen and oxygen atoms in total. The van der Waals surface area contributed by atoms with Gasteiger partial charge in [-0.3, -0.25) is 4.79 Å². The zero-order chi connectivity index (χ0) is 6.41. The lowest BCUT2D eigenvalue weighted by molar-refractivity contribution is -0.138. The Morgan fingerprint density at radius 1 is 1.75 bits per heavy atom. The first-order valence-corrected chi connectivity index (χ1v) is 3.64. The zero-order valence-corrected chi connectivity index (χ0v) is 5.96. The van der Waals surface area contributed by atoms with Crippen molar-refractivity contribution in [2.75, 3.05) is 11.7 Å². The van der Waals surface area contributed by atoms with Crippen LogP contribution < -0.4 is 0 Å². The fourth-order valence-corrected chi connectivity index (χ4v) is 0.624. The van der Waals surface area contributed by atoms with Crippen molar-refractivity contribution in [1.29, 1.82) is 0 Å². The topological polar surface area (TPSA) is 26.3 Å². The summed E-state index contributed by atoms with van der Waals surface area (Å²) in [5.74, 6) is 1.28. The van der Waals surface area contributed by atoms with Crippen molar-refractivity contribution < 1.29 is 9.53 Å². The van der Waals surface area contributed by atoms with Gasteiger partial charge in [0, 0.05) is 6.92 Å². The molecule has 3 heteroatoms. The van der Waals surface area contributed by atoms with Crippen molar-refractivity contribution in [3.05, 3.63) is 0 Å². The molecule has 48 valence electrons. The summed E-state index contributed by atoms with van der Waals surface area (Å²) in [5.41, 5.74) is 0. The van der Waals surface area contributed by atoms with Crippen LogP contribution in [-0.4, -0.2) is 17.7 Å². The van der Waals surface area contributed by atoms with Gasteiger partial charge < -0.3 is 4.74 Å². The average Bonchev–Trinajstić information content (AvgIpc) is 1.66. The van der Waals surface area contributed by atoms with Gasteiger partial charge in [0.2, 0.25) is 0 Å². The Labute approximate surface area is 53.6 Å². The first-order chi connectivity index (χ1) is 3.77. The predicted octanol–water partition coefficient (Wildman–Crippen LogP) is 1.26. The van der Waals surface area contributed by atoms with Crippen LogP contribution in [-0.2, 0) is 9.53 Å². The minimum absolute atomic E-state index is 0.203. The van der Waals surface area contributed by atoms with E-state index in [4.69, 9.17) is 0 Å². The van der Waals surface area contributed by atoms with E-state index < -0.39 is 0 Å². The highest BCUT2D eigenvalue weighted by molar-refractivity contribution is 7.99. The van der Waals surface area contributed by atoms with Crippen LogP contribution in [0, 0.1) is 0 Å². The van der Waals surface area contributed by atoms with Gasteiger partial charge in [0.05, 0.1) is 0 Å². The summed E-state index contributed by atoms with van der Waals surface area (Å²) >= 11 is 1.59. The van der Waals surface area contributed by atoms with E-state index in [1.54, 1.807) is 11.8 Å². The first kappa shape index (κ1) is 7.82. The lowest BCUT2D eigenvalue weighted by Gasteiger charge is -1.96. The lowest BCUT2D eigenvalue weighted by atomic mass is 10.8. The maximum Gasteiger partial charge on any atom is 0.303 e. The quantitative estimate of drug-likeness (QED) is 0.330. The fraction of sp³-hybridized carbons (Fsp3) is 0.800. The maximum atomic E-state index is 10.1. The second-order valence-corrected chi connectivity index (χ2v) is 2.47. The van der Waals surface area contributed by atoms with E-state index >= 15 is 0 Å². The molecule has 0 aromatic rings. The molecule has 0 amide bonds. The second-order valence-electron chi connectivity index (χ2n) is 1.25. The van der Waals surface area contributed by atoms with E-state index in [-0.39, 0.29) is 5.97 Å². The molecule has 0 fully saturated rings. The predicted molar refractivity (Wildman–Crippen MR) is 34.8 cm³/mol. The highest BCUT2D eigenvalue weighted by Gasteiger charge is 1.88. The van der Waals surface area contributed by atoms with Gasteiger partial charge in [0.1, 0.15) is 5.94 Å². The average molecular weight is 134 g/mol. The zero-order valence-electron chi connectivity index (χ0n) is 5.14. The maximum absolute atomic E-state index is 10.1. The summed E-state index contributed by atoms with van der Waals surface area (Å²) in [5, 5.41) is 0. The molecule has 0 saturated carbocycles. The third-order valence-corrected chi connectivity index (χ3v) is 1.24. The van der Waals surface area contributed by atoms with Gasteiger partial charge in [-0.25, -0.2) is 0 Å². The third-order valence-electron chi connectivity index (χ3n) is 0.550. The van der Waals surface area contributed by atoms with Gasteiger partial charge in [-0.2, -0.15) is 0 Å². The van der Waals surface area contributed by atoms with Crippen molar-refractivity contribution in [1.82, 2.24) is 0 Å². The van der Waals surface area contributed by atoms with Crippen LogP contribution in [0.25, 0.3) is 0 Å². The van der Waals surface area contributed by atoms with Crippen molar-refractivity contribution in [2.45, 2.75) is 13.8 Å². The minimum Gasteiger partial charge on any atom is -0.455 e. The van der Waals surface area contributed by atoms with Crippen molar-refractivity contribution in [3.63, 3.8) is 0 Å². The van der Waals surface area contributed by atoms with E-state index in [0.717, 1.165) is 5.75 Å². The molecule has 0 aromatic heterocycles. The summed E-state index contributed by atoms with van der Waals surface area (Å²) in [4.78, 5) is 10.1. The van der Waals surface area contributed by atoms with Gasteiger partial charge in [0.15, 0.2) is 0 Å². The monoisotopic (exact) mass is 134 g/mol. The van der Waals surface area contributed by atoms with Gasteiger partial charge in [-0.1, -0.05) is 6.92 Å². The summed E-state index contributed by atoms with van der Waals surface area (Å²) in [6, 6.07) is 0. The third kappa shape index (κ3) is 5.82. The van der Waals surface area contributed by atoms with Crippen molar-refractivity contribution in [3.8, 4) is 0 Å². The molecule has 0 aliphatic carbocycles. The van der Waals surface area contributed by atoms with Crippen LogP contribution in [0.1, 0.15) is 13.8 Å². The van der Waals surface area contributed by atoms with Crippen molar-refractivity contribution >= 4 is 17.7 Å². The molecule has 0 saturated heterocycles. The first-order valence-electron chi connectivity index (χ1n) is 2.48. The highest BCUT2D eigenvalue weighted by atomic mass is 32.2. The summed E-state index contributed by atoms with van der Waals surface area (Å²) in [7, 11) is 0. The van der Waals surface area contributed by atoms with E-state index in [0.29, 0.717) is 5.94 Å². The highest BCUT2D eigenvalue weighted by Crippen LogP contribution is 1.97. The van der Waals surface area contributed by atoms with E-state index in [9.17, 15) is 4.79 Å². The molecular formula is C5H10O2S. The SMILES string of the molecule is CCSCOC(C)=O. The molecule has 8 heavy (non-hydrogen) atoms. The Morgan fingerprint density at radius 2 is 2.38 bits per heavy atom. The molecule has 0 atom stereocenters. The van der Waals surface area contributed by atoms with Crippen LogP contribution in [0.4, 0.5) is 0 Å². The van der Waals surface area contributed by atoms with E-state index in [1.807, 2.05) is 6.92 Å². The summed E-state index contributed by atoms with van der Waals surface area (Å²) in [6.07, 6.45) is 0. The minimum atomic E-state index is -0.203. The van der Waals surface area contributed by atoms with Gasteiger partial charge in [-0.05, 0) is 5.75 Å². The molecule has 0 radical (unpaired) electrons. The largest absolute Gasteiger partial charge is 0.455 e. The molecule has 0 bridgehead atoms. The number of thioether (sulfide) groups is 1. The number of hydrogen-bond acceptors (Lipinski definition) is 3. The summed E-state index contributed by atoms with van der Waals surface area (Å²) < 4.78 is 4.61. The molecule has 0 rings (SSSR count). The molecule has 0 N–H and O–H groups in total. The molecule has 0 spiro atoms. The standard InChI is InChI=1S/C5H10O2S/c1-3-8-4-7-5(2)6/h3-4H2,1-2H3. The number of hydrogen-bond donors (Lipinski definition) is 0. The Kier molecular flexibility index (Phi) is 4.85. The Morgan fingerprint density at radius 3 is 2.75 bits per heavy atom. The van der Waals surface area contributed by atoms with E-state index in [1.165, 1.54) is 6.92 Å². The number of carbonyl (C=O) groups is 1. The molecule has 0 unspecified atom stereocenters. The van der Waals surface area contributed by atoms with Crippen LogP contribution in [0.15, 0.2) is 0 Å². The molecule has 0 aliphatic rings. The van der Waals surface area contributed by atoms with Crippen LogP contribution in [0.2, 0.25) is 0 Å². The Bertz CT molecular complexity index is 72.8.